The lowest BCUT2D eigenvalue weighted by molar-refractivity contribution is 1.19. The summed E-state index contributed by atoms with van der Waals surface area (Å²) in [4.78, 5) is 0. The molecule has 0 aromatic rings. The molecule has 83 valence electrons. The van der Waals surface area contributed by atoms with Crippen molar-refractivity contribution in [3.8, 4) is 0 Å². The van der Waals surface area contributed by atoms with Gasteiger partial charge in [0.1, 0.15) is 0 Å². The van der Waals surface area contributed by atoms with E-state index >= 15 is 0 Å². The van der Waals surface area contributed by atoms with E-state index in [1.165, 1.54) is 0 Å². The van der Waals surface area contributed by atoms with E-state index in [1.807, 2.05) is 0 Å². The van der Waals surface area contributed by atoms with Gasteiger partial charge in [0.05, 0.1) is 0 Å². The predicted molar refractivity (Wildman–Crippen MR) is 70.7 cm³/mol. The van der Waals surface area contributed by atoms with E-state index in [0.29, 0.717) is 0 Å². The Hall–Kier alpha value is -1.04. The van der Waals surface area contributed by atoms with Crippen molar-refractivity contribution in [3.05, 3.63) is 55.5 Å². The summed E-state index contributed by atoms with van der Waals surface area (Å²) in [5.41, 5.74) is 0. The summed E-state index contributed by atoms with van der Waals surface area (Å²) in [7, 11) is 0. The van der Waals surface area contributed by atoms with Gasteiger partial charge in [-0.2, -0.15) is 0 Å². The van der Waals surface area contributed by atoms with Crippen molar-refractivity contribution in [3.63, 3.8) is 0 Å². The van der Waals surface area contributed by atoms with Gasteiger partial charge in [0, 0.05) is 0 Å². The Labute approximate surface area is 95.1 Å². The van der Waals surface area contributed by atoms with Crippen molar-refractivity contribution >= 4 is 0 Å². The van der Waals surface area contributed by atoms with Crippen LogP contribution in [0, 0.1) is 6.92 Å². The molecule has 0 bridgehead atoms. The van der Waals surface area contributed by atoms with Crippen LogP contribution in [0.2, 0.25) is 0 Å². The molecule has 0 N–H and O–H groups in total. The molecule has 0 nitrogen and oxygen atoms in total. The van der Waals surface area contributed by atoms with Crippen molar-refractivity contribution in [1.82, 2.24) is 0 Å². The Kier molecular flexibility index (Phi) is 12.1. The van der Waals surface area contributed by atoms with Gasteiger partial charge in [-0.25, -0.2) is 0 Å². The Morgan fingerprint density at radius 2 is 1.07 bits per heavy atom. The molecule has 0 aliphatic rings. The molecule has 15 heavy (non-hydrogen) atoms. The van der Waals surface area contributed by atoms with Crippen LogP contribution in [-0.4, -0.2) is 0 Å². The normalized spacial score (nSPS) is 12.9. The van der Waals surface area contributed by atoms with Crippen LogP contribution in [0.4, 0.5) is 0 Å². The van der Waals surface area contributed by atoms with Crippen LogP contribution in [0.5, 0.6) is 0 Å². The van der Waals surface area contributed by atoms with E-state index in [-0.39, 0.29) is 0 Å². The topological polar surface area (TPSA) is 0 Å². The zero-order chi connectivity index (χ0) is 11.2. The molecular formula is C15H23. The molecule has 0 aliphatic carbocycles. The van der Waals surface area contributed by atoms with Crippen molar-refractivity contribution in [2.75, 3.05) is 0 Å². The van der Waals surface area contributed by atoms with Gasteiger partial charge in [-0.3, -0.25) is 0 Å². The van der Waals surface area contributed by atoms with Crippen LogP contribution in [0.15, 0.2) is 48.6 Å². The average Bonchev–Trinajstić information content (AvgIpc) is 2.26. The first-order valence-electron chi connectivity index (χ1n) is 5.81. The van der Waals surface area contributed by atoms with Gasteiger partial charge in [0.15, 0.2) is 0 Å². The fourth-order valence-corrected chi connectivity index (χ4v) is 1.10. The van der Waals surface area contributed by atoms with E-state index in [9.17, 15) is 0 Å². The van der Waals surface area contributed by atoms with Crippen LogP contribution >= 0.6 is 0 Å². The average molecular weight is 203 g/mol. The Morgan fingerprint density at radius 3 is 1.47 bits per heavy atom. The minimum Gasteiger partial charge on any atom is -0.0885 e. The predicted octanol–water partition coefficient (Wildman–Crippen LogP) is 5.02. The Bertz CT molecular complexity index is 192. The molecule has 0 fully saturated rings. The summed E-state index contributed by atoms with van der Waals surface area (Å²) >= 11 is 0. The van der Waals surface area contributed by atoms with E-state index < -0.39 is 0 Å². The van der Waals surface area contributed by atoms with Gasteiger partial charge in [0.25, 0.3) is 0 Å². The second kappa shape index (κ2) is 13.0. The molecule has 0 atom stereocenters. The second-order valence-electron chi connectivity index (χ2n) is 3.29. The first-order chi connectivity index (χ1) is 7.41. The van der Waals surface area contributed by atoms with Gasteiger partial charge in [-0.1, -0.05) is 55.5 Å². The molecular weight excluding hydrogens is 180 g/mol. The maximum Gasteiger partial charge on any atom is -0.0169 e. The number of rotatable bonds is 8. The number of allylic oxidation sites excluding steroid dienone is 8. The SMILES string of the molecule is [CH2]C/C=C\C/C=C\C/C=C\C/C=C\CC. The molecule has 0 heterocycles. The molecule has 0 aromatic carbocycles. The van der Waals surface area contributed by atoms with Crippen LogP contribution in [0.25, 0.3) is 0 Å². The highest BCUT2D eigenvalue weighted by Crippen LogP contribution is 1.94. The third kappa shape index (κ3) is 13.0. The van der Waals surface area contributed by atoms with E-state index in [2.05, 4.69) is 62.5 Å². The number of hydrogen-bond donors (Lipinski definition) is 0. The minimum atomic E-state index is 0.886. The summed E-state index contributed by atoms with van der Waals surface area (Å²) in [5.74, 6) is 0. The van der Waals surface area contributed by atoms with Crippen molar-refractivity contribution in [2.24, 2.45) is 0 Å². The zero-order valence-electron chi connectivity index (χ0n) is 9.86. The molecule has 0 spiro atoms. The second-order valence-corrected chi connectivity index (χ2v) is 3.29. The molecule has 0 rings (SSSR count). The van der Waals surface area contributed by atoms with E-state index in [4.69, 9.17) is 0 Å². The minimum absolute atomic E-state index is 0.886. The molecule has 0 aromatic heterocycles. The van der Waals surface area contributed by atoms with Crippen LogP contribution in [0.3, 0.4) is 0 Å². The molecule has 0 saturated carbocycles. The standard InChI is InChI=1S/C15H23/c1-3-5-7-9-11-13-15-14-12-10-8-6-4-2/h5-8,11-14H,1,3-4,9-10,15H2,2H3/b7-5-,8-6-,13-11-,14-12-. The largest absolute Gasteiger partial charge is 0.0885 e. The molecule has 0 saturated heterocycles. The highest BCUT2D eigenvalue weighted by molar-refractivity contribution is 4.99. The summed E-state index contributed by atoms with van der Waals surface area (Å²) in [6.45, 7) is 5.89. The number of hydrogen-bond acceptors (Lipinski definition) is 0. The summed E-state index contributed by atoms with van der Waals surface area (Å²) in [5, 5.41) is 0. The monoisotopic (exact) mass is 203 g/mol. The maximum absolute atomic E-state index is 3.74. The third-order valence-corrected chi connectivity index (χ3v) is 1.89. The fraction of sp³-hybridized carbons (Fsp3) is 0.400. The molecule has 0 aliphatic heterocycles. The molecule has 0 unspecified atom stereocenters. The molecule has 0 heteroatoms. The molecule has 1 radical (unpaired) electrons. The lowest BCUT2D eigenvalue weighted by atomic mass is 10.2. The fourth-order valence-electron chi connectivity index (χ4n) is 1.10. The quantitative estimate of drug-likeness (QED) is 0.486. The zero-order valence-corrected chi connectivity index (χ0v) is 9.86. The van der Waals surface area contributed by atoms with E-state index in [0.717, 1.165) is 32.1 Å². The van der Waals surface area contributed by atoms with Crippen molar-refractivity contribution < 1.29 is 0 Å². The van der Waals surface area contributed by atoms with Crippen LogP contribution < -0.4 is 0 Å². The first kappa shape index (κ1) is 14.0. The smallest absolute Gasteiger partial charge is 0.0169 e. The van der Waals surface area contributed by atoms with E-state index in [1.54, 1.807) is 0 Å². The van der Waals surface area contributed by atoms with Crippen LogP contribution in [0.1, 0.15) is 39.0 Å². The molecule has 0 amide bonds. The summed E-state index contributed by atoms with van der Waals surface area (Å²) < 4.78 is 0. The lowest BCUT2D eigenvalue weighted by Gasteiger charge is -1.84. The van der Waals surface area contributed by atoms with Crippen molar-refractivity contribution in [2.45, 2.75) is 39.0 Å². The van der Waals surface area contributed by atoms with Gasteiger partial charge < -0.3 is 0 Å². The van der Waals surface area contributed by atoms with Crippen molar-refractivity contribution in [1.29, 1.82) is 0 Å². The summed E-state index contributed by atoms with van der Waals surface area (Å²) in [6, 6.07) is 0. The Balaban J connectivity index is 3.36. The van der Waals surface area contributed by atoms with Gasteiger partial charge in [-0.05, 0) is 39.0 Å². The lowest BCUT2D eigenvalue weighted by Crippen LogP contribution is -1.63. The highest BCUT2D eigenvalue weighted by atomic mass is 13.8. The maximum atomic E-state index is 3.74. The first-order valence-corrected chi connectivity index (χ1v) is 5.81. The van der Waals surface area contributed by atoms with Crippen LogP contribution in [-0.2, 0) is 0 Å². The van der Waals surface area contributed by atoms with Gasteiger partial charge >= 0.3 is 0 Å². The van der Waals surface area contributed by atoms with Gasteiger partial charge in [-0.15, -0.1) is 0 Å². The summed E-state index contributed by atoms with van der Waals surface area (Å²) in [6.07, 6.45) is 22.6. The highest BCUT2D eigenvalue weighted by Gasteiger charge is 1.73. The third-order valence-electron chi connectivity index (χ3n) is 1.89. The Morgan fingerprint density at radius 1 is 0.667 bits per heavy atom. The van der Waals surface area contributed by atoms with Gasteiger partial charge in [0.2, 0.25) is 0 Å².